The Bertz CT molecular complexity index is 747. The standard InChI is InChI=1S/C19H22N2O3/c1-19(14-7-6-8-15(13-14)24-3)20-17-10-5-4-9-16(17)18(22)21(19)11-12-23-2/h4-10,13,20H,11-12H2,1-3H3. The maximum absolute atomic E-state index is 13.1. The van der Waals surface area contributed by atoms with E-state index in [1.54, 1.807) is 14.2 Å². The smallest absolute Gasteiger partial charge is 0.258 e. The predicted octanol–water partition coefficient (Wildman–Crippen LogP) is 3.08. The number of amides is 1. The molecule has 0 fully saturated rings. The quantitative estimate of drug-likeness (QED) is 0.917. The molecule has 126 valence electrons. The van der Waals surface area contributed by atoms with Crippen LogP contribution in [0.15, 0.2) is 48.5 Å². The van der Waals surface area contributed by atoms with Crippen molar-refractivity contribution >= 4 is 11.6 Å². The van der Waals surface area contributed by atoms with Crippen LogP contribution in [0.4, 0.5) is 5.69 Å². The fourth-order valence-corrected chi connectivity index (χ4v) is 3.12. The number of nitrogens with zero attached hydrogens (tertiary/aromatic N) is 1. The molecule has 0 aliphatic carbocycles. The second kappa shape index (κ2) is 6.53. The van der Waals surface area contributed by atoms with Crippen LogP contribution in [0, 0.1) is 0 Å². The van der Waals surface area contributed by atoms with E-state index in [0.29, 0.717) is 18.7 Å². The van der Waals surface area contributed by atoms with Gasteiger partial charge >= 0.3 is 0 Å². The van der Waals surface area contributed by atoms with E-state index in [4.69, 9.17) is 9.47 Å². The third-order valence-corrected chi connectivity index (χ3v) is 4.47. The van der Waals surface area contributed by atoms with Crippen molar-refractivity contribution < 1.29 is 14.3 Å². The molecule has 0 aromatic heterocycles. The van der Waals surface area contributed by atoms with E-state index in [9.17, 15) is 4.79 Å². The van der Waals surface area contributed by atoms with Crippen LogP contribution < -0.4 is 10.1 Å². The first-order valence-corrected chi connectivity index (χ1v) is 7.93. The molecule has 1 amide bonds. The maximum atomic E-state index is 13.1. The summed E-state index contributed by atoms with van der Waals surface area (Å²) in [4.78, 5) is 14.9. The van der Waals surface area contributed by atoms with E-state index < -0.39 is 5.66 Å². The van der Waals surface area contributed by atoms with Crippen molar-refractivity contribution in [3.63, 3.8) is 0 Å². The zero-order valence-electron chi connectivity index (χ0n) is 14.2. The minimum Gasteiger partial charge on any atom is -0.497 e. The highest BCUT2D eigenvalue weighted by Crippen LogP contribution is 2.38. The lowest BCUT2D eigenvalue weighted by molar-refractivity contribution is 0.0437. The zero-order valence-corrected chi connectivity index (χ0v) is 14.2. The number of nitrogens with one attached hydrogen (secondary N) is 1. The topological polar surface area (TPSA) is 50.8 Å². The van der Waals surface area contributed by atoms with Crippen LogP contribution >= 0.6 is 0 Å². The molecule has 1 atom stereocenters. The molecular weight excluding hydrogens is 304 g/mol. The van der Waals surface area contributed by atoms with Crippen LogP contribution in [-0.2, 0) is 10.4 Å². The van der Waals surface area contributed by atoms with Crippen LogP contribution in [0.2, 0.25) is 0 Å². The second-order valence-corrected chi connectivity index (χ2v) is 5.92. The van der Waals surface area contributed by atoms with Gasteiger partial charge in [-0.2, -0.15) is 0 Å². The van der Waals surface area contributed by atoms with Crippen molar-refractivity contribution in [3.05, 3.63) is 59.7 Å². The van der Waals surface area contributed by atoms with Gasteiger partial charge in [0.25, 0.3) is 5.91 Å². The van der Waals surface area contributed by atoms with Crippen LogP contribution in [0.5, 0.6) is 5.75 Å². The molecule has 24 heavy (non-hydrogen) atoms. The predicted molar refractivity (Wildman–Crippen MR) is 93.3 cm³/mol. The lowest BCUT2D eigenvalue weighted by atomic mass is 9.93. The molecule has 5 heteroatoms. The first-order chi connectivity index (χ1) is 11.6. The van der Waals surface area contributed by atoms with Crippen molar-refractivity contribution in [1.82, 2.24) is 4.90 Å². The van der Waals surface area contributed by atoms with E-state index in [0.717, 1.165) is 17.0 Å². The van der Waals surface area contributed by atoms with Gasteiger partial charge in [0.2, 0.25) is 0 Å². The number of carbonyl (C=O) groups excluding carboxylic acids is 1. The highest BCUT2D eigenvalue weighted by Gasteiger charge is 2.42. The number of carbonyl (C=O) groups is 1. The minimum absolute atomic E-state index is 0.00767. The van der Waals surface area contributed by atoms with E-state index in [2.05, 4.69) is 5.32 Å². The summed E-state index contributed by atoms with van der Waals surface area (Å²) >= 11 is 0. The van der Waals surface area contributed by atoms with Gasteiger partial charge < -0.3 is 19.7 Å². The molecule has 0 bridgehead atoms. The lowest BCUT2D eigenvalue weighted by Gasteiger charge is -2.46. The van der Waals surface area contributed by atoms with Crippen LogP contribution in [0.3, 0.4) is 0 Å². The number of methoxy groups -OCH3 is 2. The Morgan fingerprint density at radius 2 is 1.92 bits per heavy atom. The number of hydrogen-bond donors (Lipinski definition) is 1. The maximum Gasteiger partial charge on any atom is 0.258 e. The highest BCUT2D eigenvalue weighted by molar-refractivity contribution is 6.02. The van der Waals surface area contributed by atoms with Crippen molar-refractivity contribution in [2.75, 3.05) is 32.7 Å². The molecule has 1 aliphatic heterocycles. The van der Waals surface area contributed by atoms with Gasteiger partial charge in [0.1, 0.15) is 11.4 Å². The summed E-state index contributed by atoms with van der Waals surface area (Å²) < 4.78 is 10.6. The van der Waals surface area contributed by atoms with E-state index in [1.807, 2.05) is 60.4 Å². The molecule has 1 N–H and O–H groups in total. The fourth-order valence-electron chi connectivity index (χ4n) is 3.12. The number of rotatable bonds is 5. The van der Waals surface area contributed by atoms with Gasteiger partial charge in [-0.1, -0.05) is 24.3 Å². The first kappa shape index (κ1) is 16.3. The molecule has 2 aromatic carbocycles. The molecule has 2 aromatic rings. The van der Waals surface area contributed by atoms with Gasteiger partial charge in [-0.05, 0) is 31.2 Å². The summed E-state index contributed by atoms with van der Waals surface area (Å²) in [7, 11) is 3.28. The van der Waals surface area contributed by atoms with Crippen LogP contribution in [0.25, 0.3) is 0 Å². The molecule has 5 nitrogen and oxygen atoms in total. The SMILES string of the molecule is COCCN1C(=O)c2ccccc2NC1(C)c1cccc(OC)c1. The Hall–Kier alpha value is -2.53. The lowest BCUT2D eigenvalue weighted by Crippen LogP contribution is -2.56. The number of benzene rings is 2. The number of fused-ring (bicyclic) bond motifs is 1. The zero-order chi connectivity index (χ0) is 17.2. The van der Waals surface area contributed by atoms with Crippen LogP contribution in [0.1, 0.15) is 22.8 Å². The monoisotopic (exact) mass is 326 g/mol. The molecule has 3 rings (SSSR count). The Morgan fingerprint density at radius 3 is 2.67 bits per heavy atom. The first-order valence-electron chi connectivity index (χ1n) is 7.93. The largest absolute Gasteiger partial charge is 0.497 e. The molecule has 0 spiro atoms. The van der Waals surface area contributed by atoms with Gasteiger partial charge in [-0.3, -0.25) is 4.79 Å². The normalized spacial score (nSPS) is 19.6. The van der Waals surface area contributed by atoms with Gasteiger partial charge in [-0.25, -0.2) is 0 Å². The molecule has 0 saturated heterocycles. The summed E-state index contributed by atoms with van der Waals surface area (Å²) in [5, 5.41) is 3.52. The number of hydrogen-bond acceptors (Lipinski definition) is 4. The molecular formula is C19H22N2O3. The fraction of sp³-hybridized carbons (Fsp3) is 0.316. The Kier molecular flexibility index (Phi) is 4.44. The average molecular weight is 326 g/mol. The van der Waals surface area contributed by atoms with E-state index in [1.165, 1.54) is 0 Å². The van der Waals surface area contributed by atoms with Crippen molar-refractivity contribution in [1.29, 1.82) is 0 Å². The molecule has 0 saturated carbocycles. The number of ether oxygens (including phenoxy) is 2. The van der Waals surface area contributed by atoms with Crippen LogP contribution in [-0.4, -0.2) is 38.2 Å². The molecule has 1 aliphatic rings. The summed E-state index contributed by atoms with van der Waals surface area (Å²) in [5.74, 6) is 0.750. The summed E-state index contributed by atoms with van der Waals surface area (Å²) in [6.07, 6.45) is 0. The van der Waals surface area contributed by atoms with Crippen molar-refractivity contribution in [3.8, 4) is 5.75 Å². The minimum atomic E-state index is -0.682. The van der Waals surface area contributed by atoms with Crippen molar-refractivity contribution in [2.24, 2.45) is 0 Å². The average Bonchev–Trinajstić information content (AvgIpc) is 2.61. The van der Waals surface area contributed by atoms with E-state index in [-0.39, 0.29) is 5.91 Å². The highest BCUT2D eigenvalue weighted by atomic mass is 16.5. The Balaban J connectivity index is 2.09. The molecule has 1 unspecified atom stereocenters. The molecule has 1 heterocycles. The summed E-state index contributed by atoms with van der Waals surface area (Å²) in [6.45, 7) is 2.96. The van der Waals surface area contributed by atoms with Gasteiger partial charge in [-0.15, -0.1) is 0 Å². The Labute approximate surface area is 142 Å². The van der Waals surface area contributed by atoms with Gasteiger partial charge in [0.15, 0.2) is 0 Å². The second-order valence-electron chi connectivity index (χ2n) is 5.92. The third-order valence-electron chi connectivity index (χ3n) is 4.47. The Morgan fingerprint density at radius 1 is 1.12 bits per heavy atom. The number of para-hydroxylation sites is 1. The summed E-state index contributed by atoms with van der Waals surface area (Å²) in [5.41, 5.74) is 1.79. The van der Waals surface area contributed by atoms with E-state index >= 15 is 0 Å². The number of anilines is 1. The van der Waals surface area contributed by atoms with Crippen molar-refractivity contribution in [2.45, 2.75) is 12.6 Å². The molecule has 0 radical (unpaired) electrons. The summed E-state index contributed by atoms with van der Waals surface area (Å²) in [6, 6.07) is 15.3. The van der Waals surface area contributed by atoms with Gasteiger partial charge in [0, 0.05) is 24.9 Å². The third kappa shape index (κ3) is 2.71. The van der Waals surface area contributed by atoms with Gasteiger partial charge in [0.05, 0.1) is 19.3 Å².